The number of halogens is 5. The van der Waals surface area contributed by atoms with Gasteiger partial charge in [0, 0.05) is 24.5 Å². The summed E-state index contributed by atoms with van der Waals surface area (Å²) in [5.41, 5.74) is 29.1. The molecule has 0 bridgehead atoms. The highest BCUT2D eigenvalue weighted by Crippen LogP contribution is 2.42. The van der Waals surface area contributed by atoms with E-state index in [0.717, 1.165) is 56.6 Å². The Morgan fingerprint density at radius 1 is 0.200 bits per heavy atom. The summed E-state index contributed by atoms with van der Waals surface area (Å²) in [6.45, 7) is 11.2. The van der Waals surface area contributed by atoms with E-state index in [4.69, 9.17) is 0 Å². The molecule has 115 heavy (non-hydrogen) atoms. The minimum atomic E-state index is 0. The molecule has 0 heterocycles. The van der Waals surface area contributed by atoms with Crippen molar-refractivity contribution < 1.29 is 23.5 Å². The van der Waals surface area contributed by atoms with Gasteiger partial charge in [0.2, 0.25) is 0 Å². The van der Waals surface area contributed by atoms with E-state index in [-0.39, 0.29) is 23.5 Å². The maximum Gasteiger partial charge on any atom is 0.00403 e. The van der Waals surface area contributed by atoms with Crippen molar-refractivity contribution in [2.45, 2.75) is 249 Å². The Morgan fingerprint density at radius 2 is 0.339 bits per heavy atom. The van der Waals surface area contributed by atoms with Crippen LogP contribution in [-0.4, -0.2) is 0 Å². The lowest BCUT2D eigenvalue weighted by Crippen LogP contribution is -2.04. The molecular weight excluding hydrogens is 1520 g/mol. The fraction of sp³-hybridized carbons (Fsp3) is 0.333. The van der Waals surface area contributed by atoms with Gasteiger partial charge in [-0.1, -0.05) is 279 Å². The Labute approximate surface area is 714 Å². The van der Waals surface area contributed by atoms with Gasteiger partial charge in [0.05, 0.1) is 0 Å². The van der Waals surface area contributed by atoms with E-state index in [0.29, 0.717) is 29.6 Å². The molecule has 15 rings (SSSR count). The largest absolute Gasteiger partial charge is 0.269 e. The average Bonchev–Trinajstić information content (AvgIpc) is 0.854. The highest BCUT2D eigenvalue weighted by Gasteiger charge is 2.23. The van der Waals surface area contributed by atoms with Crippen molar-refractivity contribution in [2.24, 2.45) is 0 Å². The average molecular weight is 1640 g/mol. The van der Waals surface area contributed by atoms with E-state index in [1.807, 2.05) is 0 Å². The quantitative estimate of drug-likeness (QED) is 0.0365. The molecule has 5 aliphatic rings. The van der Waals surface area contributed by atoms with E-state index in [2.05, 4.69) is 371 Å². The van der Waals surface area contributed by atoms with E-state index in [1.54, 1.807) is 0 Å². The van der Waals surface area contributed by atoms with Crippen LogP contribution in [0.1, 0.15) is 276 Å². The van der Waals surface area contributed by atoms with Gasteiger partial charge >= 0.3 is 0 Å². The van der Waals surface area contributed by atoms with Gasteiger partial charge in [0.25, 0.3) is 0 Å². The van der Waals surface area contributed by atoms with E-state index in [1.165, 1.54) is 240 Å². The Balaban J connectivity index is 0.000000221. The fourth-order valence-corrected chi connectivity index (χ4v) is 17.3. The minimum absolute atomic E-state index is 0. The third-order valence-corrected chi connectivity index (χ3v) is 24.7. The lowest BCUT2D eigenvalue weighted by molar-refractivity contribution is 0.625. The van der Waals surface area contributed by atoms with Crippen LogP contribution in [0.5, 0.6) is 0 Å². The first-order chi connectivity index (χ1) is 53.8. The van der Waals surface area contributed by atoms with Crippen LogP contribution in [0, 0.1) is 0 Å². The zero-order chi connectivity index (χ0) is 76.8. The molecule has 0 nitrogen and oxygen atoms in total. The van der Waals surface area contributed by atoms with Crippen molar-refractivity contribution in [2.75, 3.05) is 0 Å². The SMILES string of the molecule is CCCc1ccc(C2CC=C(c3ccc(S)cc3)CC2)cc1.CCCc1ccc(C2CC=C(c3ccc(S)cc3)CC2)cc1.CCCc1ccc(C2CC=C(c3ccc(S)cc3)CC2)cc1.CCCc1ccc(C2CC=C(c3ccc(S)cc3)CC2)cc1.CCCc1ccc(C2CC=C(c3ccc(S)cc3)CC2)cc1.F.F.F.F.F. The van der Waals surface area contributed by atoms with Crippen LogP contribution in [0.15, 0.2) is 298 Å². The van der Waals surface area contributed by atoms with Gasteiger partial charge in [0.15, 0.2) is 0 Å². The maximum atomic E-state index is 4.36. The molecule has 0 aromatic heterocycles. The Hall–Kier alpha value is -7.70. The molecule has 10 aromatic rings. The number of hydrogen-bond acceptors (Lipinski definition) is 5. The smallest absolute Gasteiger partial charge is 0.00403 e. The molecule has 5 atom stereocenters. The van der Waals surface area contributed by atoms with Gasteiger partial charge in [0.1, 0.15) is 0 Å². The molecule has 0 radical (unpaired) electrons. The molecule has 0 saturated heterocycles. The Morgan fingerprint density at radius 3 is 0.452 bits per heavy atom. The summed E-state index contributed by atoms with van der Waals surface area (Å²) < 4.78 is 0. The monoisotopic (exact) mass is 1640 g/mol. The van der Waals surface area contributed by atoms with Crippen molar-refractivity contribution in [1.29, 1.82) is 0 Å². The van der Waals surface area contributed by atoms with Crippen LogP contribution in [-0.2, 0) is 32.1 Å². The van der Waals surface area contributed by atoms with E-state index in [9.17, 15) is 0 Å². The molecule has 0 spiro atoms. The molecule has 0 N–H and O–H groups in total. The summed E-state index contributed by atoms with van der Waals surface area (Å²) in [5.74, 6) is 3.42. The fourth-order valence-electron chi connectivity index (χ4n) is 16.6. The second-order valence-corrected chi connectivity index (χ2v) is 33.8. The lowest BCUT2D eigenvalue weighted by Gasteiger charge is -2.23. The first kappa shape index (κ1) is 96.1. The number of allylic oxidation sites excluding steroid dienone is 10. The molecule has 10 heteroatoms. The van der Waals surface area contributed by atoms with Gasteiger partial charge < -0.3 is 0 Å². The zero-order valence-electron chi connectivity index (χ0n) is 68.3. The summed E-state index contributed by atoms with van der Waals surface area (Å²) in [5, 5.41) is 0. The summed E-state index contributed by atoms with van der Waals surface area (Å²) in [6, 6.07) is 89.2. The molecule has 0 saturated carbocycles. The van der Waals surface area contributed by atoms with Crippen LogP contribution in [0.25, 0.3) is 27.9 Å². The van der Waals surface area contributed by atoms with Crippen molar-refractivity contribution in [3.05, 3.63) is 356 Å². The van der Waals surface area contributed by atoms with E-state index < -0.39 is 0 Å². The zero-order valence-corrected chi connectivity index (χ0v) is 72.8. The predicted molar refractivity (Wildman–Crippen MR) is 506 cm³/mol. The normalized spacial score (nSPS) is 17.3. The number of hydrogen-bond donors (Lipinski definition) is 5. The number of benzene rings is 10. The lowest BCUT2D eigenvalue weighted by atomic mass is 9.82. The molecule has 5 unspecified atom stereocenters. The molecule has 0 amide bonds. The van der Waals surface area contributed by atoms with Crippen molar-refractivity contribution in [1.82, 2.24) is 0 Å². The van der Waals surface area contributed by atoms with Crippen LogP contribution < -0.4 is 0 Å². The summed E-state index contributed by atoms with van der Waals surface area (Å²) in [6.07, 6.45) is 42.1. The molecule has 610 valence electrons. The number of rotatable bonds is 20. The van der Waals surface area contributed by atoms with Crippen LogP contribution >= 0.6 is 63.1 Å². The second-order valence-electron chi connectivity index (χ2n) is 31.2. The van der Waals surface area contributed by atoms with Gasteiger partial charge in [-0.15, -0.1) is 63.1 Å². The highest BCUT2D eigenvalue weighted by molar-refractivity contribution is 7.81. The number of aryl methyl sites for hydroxylation is 5. The molecule has 0 fully saturated rings. The highest BCUT2D eigenvalue weighted by atomic mass is 32.1. The van der Waals surface area contributed by atoms with Crippen molar-refractivity contribution >= 4 is 91.0 Å². The molecule has 10 aromatic carbocycles. The maximum absolute atomic E-state index is 4.36. The van der Waals surface area contributed by atoms with Crippen LogP contribution in [0.4, 0.5) is 23.5 Å². The first-order valence-electron chi connectivity index (χ1n) is 41.7. The van der Waals surface area contributed by atoms with Crippen molar-refractivity contribution in [3.8, 4) is 0 Å². The summed E-state index contributed by atoms with van der Waals surface area (Å²) >= 11 is 21.8. The Kier molecular flexibility index (Phi) is 42.5. The number of thiol groups is 5. The summed E-state index contributed by atoms with van der Waals surface area (Å²) in [7, 11) is 0. The second kappa shape index (κ2) is 50.8. The van der Waals surface area contributed by atoms with Crippen molar-refractivity contribution in [3.63, 3.8) is 0 Å². The molecule has 0 aliphatic heterocycles. The first-order valence-corrected chi connectivity index (χ1v) is 43.9. The summed E-state index contributed by atoms with van der Waals surface area (Å²) in [4.78, 5) is 5.16. The predicted octanol–water partition coefficient (Wildman–Crippen LogP) is 32.2. The Bertz CT molecular complexity index is 3890. The van der Waals surface area contributed by atoms with E-state index >= 15 is 0 Å². The minimum Gasteiger partial charge on any atom is -0.269 e. The molecule has 5 aliphatic carbocycles. The third-order valence-electron chi connectivity index (χ3n) is 23.2. The van der Waals surface area contributed by atoms with Crippen LogP contribution in [0.2, 0.25) is 0 Å². The topological polar surface area (TPSA) is 0 Å². The molecular formula is C105H125F5S5. The third kappa shape index (κ3) is 29.7. The standard InChI is InChI=1S/5C21H24S.5FH/c5*1-2-3-16-4-6-17(7-5-16)18-8-10-19(11-9-18)20-12-14-21(22)15-13-20;;;;;/h5*4-7,10,12-15,18,22H,2-3,8-9,11H2,1H3;5*1H. The van der Waals surface area contributed by atoms with Crippen LogP contribution in [0.3, 0.4) is 0 Å². The van der Waals surface area contributed by atoms with Gasteiger partial charge in [-0.3, -0.25) is 23.5 Å². The van der Waals surface area contributed by atoms with Gasteiger partial charge in [-0.2, -0.15) is 0 Å². The van der Waals surface area contributed by atoms with Gasteiger partial charge in [-0.25, -0.2) is 0 Å². The van der Waals surface area contributed by atoms with Gasteiger partial charge in [-0.05, 0) is 330 Å².